The molecule has 0 bridgehead atoms. The van der Waals surface area contributed by atoms with Gasteiger partial charge in [0.1, 0.15) is 0 Å². The SMILES string of the molecule is CC(C#N)N(C)Cc1cccc(C#N)c1. The van der Waals surface area contributed by atoms with Crippen LogP contribution >= 0.6 is 0 Å². The highest BCUT2D eigenvalue weighted by molar-refractivity contribution is 5.32. The number of hydrogen-bond donors (Lipinski definition) is 0. The normalized spacial score (nSPS) is 11.8. The molecule has 3 nitrogen and oxygen atoms in total. The molecular formula is C12H13N3. The van der Waals surface area contributed by atoms with Crippen molar-refractivity contribution in [2.75, 3.05) is 7.05 Å². The average Bonchev–Trinajstić information content (AvgIpc) is 2.28. The molecule has 15 heavy (non-hydrogen) atoms. The molecule has 0 fully saturated rings. The standard InChI is InChI=1S/C12H13N3/c1-10(7-13)15(2)9-12-5-3-4-11(6-12)8-14/h3-6,10H,9H2,1-2H3. The summed E-state index contributed by atoms with van der Waals surface area (Å²) in [5, 5.41) is 17.5. The lowest BCUT2D eigenvalue weighted by Gasteiger charge is -2.18. The summed E-state index contributed by atoms with van der Waals surface area (Å²) in [6, 6.07) is 11.6. The fourth-order valence-electron chi connectivity index (χ4n) is 1.26. The van der Waals surface area contributed by atoms with Crippen molar-refractivity contribution in [1.82, 2.24) is 4.90 Å². The van der Waals surface area contributed by atoms with Crippen molar-refractivity contribution in [2.45, 2.75) is 19.5 Å². The van der Waals surface area contributed by atoms with Gasteiger partial charge >= 0.3 is 0 Å². The molecule has 0 radical (unpaired) electrons. The Morgan fingerprint density at radius 2 is 2.13 bits per heavy atom. The largest absolute Gasteiger partial charge is 0.287 e. The van der Waals surface area contributed by atoms with Crippen molar-refractivity contribution in [3.63, 3.8) is 0 Å². The van der Waals surface area contributed by atoms with Crippen LogP contribution < -0.4 is 0 Å². The molecule has 1 rings (SSSR count). The Morgan fingerprint density at radius 3 is 2.73 bits per heavy atom. The van der Waals surface area contributed by atoms with Crippen molar-refractivity contribution < 1.29 is 0 Å². The van der Waals surface area contributed by atoms with E-state index in [1.54, 1.807) is 6.07 Å². The first-order chi connectivity index (χ1) is 7.17. The van der Waals surface area contributed by atoms with E-state index < -0.39 is 0 Å². The van der Waals surface area contributed by atoms with Crippen molar-refractivity contribution >= 4 is 0 Å². The van der Waals surface area contributed by atoms with Crippen LogP contribution in [0.3, 0.4) is 0 Å². The smallest absolute Gasteiger partial charge is 0.0991 e. The molecule has 1 aromatic carbocycles. The van der Waals surface area contributed by atoms with Gasteiger partial charge in [0.2, 0.25) is 0 Å². The number of benzene rings is 1. The molecule has 1 atom stereocenters. The maximum Gasteiger partial charge on any atom is 0.0991 e. The Kier molecular flexibility index (Phi) is 3.85. The van der Waals surface area contributed by atoms with E-state index in [0.29, 0.717) is 12.1 Å². The molecule has 76 valence electrons. The topological polar surface area (TPSA) is 50.8 Å². The van der Waals surface area contributed by atoms with Gasteiger partial charge in [-0.1, -0.05) is 12.1 Å². The monoisotopic (exact) mass is 199 g/mol. The second-order valence-electron chi connectivity index (χ2n) is 3.53. The van der Waals surface area contributed by atoms with Gasteiger partial charge in [-0.3, -0.25) is 4.90 Å². The third-order valence-electron chi connectivity index (χ3n) is 2.34. The zero-order chi connectivity index (χ0) is 11.3. The van der Waals surface area contributed by atoms with Crippen molar-refractivity contribution in [3.05, 3.63) is 35.4 Å². The van der Waals surface area contributed by atoms with Crippen LogP contribution in [0.4, 0.5) is 0 Å². The molecule has 0 spiro atoms. The van der Waals surface area contributed by atoms with Crippen LogP contribution in [0.25, 0.3) is 0 Å². The molecule has 0 aliphatic carbocycles. The minimum atomic E-state index is -0.115. The summed E-state index contributed by atoms with van der Waals surface area (Å²) in [5.41, 5.74) is 1.71. The minimum Gasteiger partial charge on any atom is -0.287 e. The fourth-order valence-corrected chi connectivity index (χ4v) is 1.26. The Balaban J connectivity index is 2.74. The van der Waals surface area contributed by atoms with E-state index in [-0.39, 0.29) is 6.04 Å². The molecule has 0 aliphatic heterocycles. The zero-order valence-corrected chi connectivity index (χ0v) is 8.94. The lowest BCUT2D eigenvalue weighted by atomic mass is 10.1. The molecule has 0 aliphatic rings. The fraction of sp³-hybridized carbons (Fsp3) is 0.333. The first kappa shape index (κ1) is 11.2. The van der Waals surface area contributed by atoms with Gasteiger partial charge in [0, 0.05) is 6.54 Å². The summed E-state index contributed by atoms with van der Waals surface area (Å²) >= 11 is 0. The van der Waals surface area contributed by atoms with Gasteiger partial charge in [-0.25, -0.2) is 0 Å². The lowest BCUT2D eigenvalue weighted by Crippen LogP contribution is -2.26. The molecule has 0 N–H and O–H groups in total. The second kappa shape index (κ2) is 5.14. The third kappa shape index (κ3) is 3.09. The van der Waals surface area contributed by atoms with E-state index in [1.807, 2.05) is 37.1 Å². The van der Waals surface area contributed by atoms with Crippen LogP contribution in [-0.4, -0.2) is 18.0 Å². The predicted molar refractivity (Wildman–Crippen MR) is 57.7 cm³/mol. The maximum absolute atomic E-state index is 8.74. The summed E-state index contributed by atoms with van der Waals surface area (Å²) in [6.07, 6.45) is 0. The first-order valence-electron chi connectivity index (χ1n) is 4.76. The van der Waals surface area contributed by atoms with Crippen molar-refractivity contribution in [1.29, 1.82) is 10.5 Å². The molecule has 0 saturated carbocycles. The van der Waals surface area contributed by atoms with Crippen LogP contribution in [0.5, 0.6) is 0 Å². The highest BCUT2D eigenvalue weighted by Crippen LogP contribution is 2.08. The molecule has 0 aromatic heterocycles. The maximum atomic E-state index is 8.74. The van der Waals surface area contributed by atoms with Gasteiger partial charge in [0.15, 0.2) is 0 Å². The van der Waals surface area contributed by atoms with Gasteiger partial charge in [-0.05, 0) is 31.7 Å². The van der Waals surface area contributed by atoms with Gasteiger partial charge < -0.3 is 0 Å². The van der Waals surface area contributed by atoms with Gasteiger partial charge in [-0.2, -0.15) is 10.5 Å². The third-order valence-corrected chi connectivity index (χ3v) is 2.34. The Labute approximate surface area is 90.2 Å². The van der Waals surface area contributed by atoms with E-state index in [1.165, 1.54) is 0 Å². The summed E-state index contributed by atoms with van der Waals surface area (Å²) < 4.78 is 0. The van der Waals surface area contributed by atoms with Crippen LogP contribution in [-0.2, 0) is 6.54 Å². The molecule has 1 aromatic rings. The first-order valence-corrected chi connectivity index (χ1v) is 4.76. The van der Waals surface area contributed by atoms with Crippen LogP contribution in [0, 0.1) is 22.7 Å². The quantitative estimate of drug-likeness (QED) is 0.747. The van der Waals surface area contributed by atoms with E-state index >= 15 is 0 Å². The van der Waals surface area contributed by atoms with E-state index in [0.717, 1.165) is 5.56 Å². The molecule has 0 amide bonds. The summed E-state index contributed by atoms with van der Waals surface area (Å²) in [5.74, 6) is 0. The van der Waals surface area contributed by atoms with Crippen LogP contribution in [0.1, 0.15) is 18.1 Å². The summed E-state index contributed by atoms with van der Waals surface area (Å²) in [6.45, 7) is 2.54. The molecule has 1 unspecified atom stereocenters. The van der Waals surface area contributed by atoms with Crippen LogP contribution in [0.2, 0.25) is 0 Å². The Hall–Kier alpha value is -1.84. The summed E-state index contributed by atoms with van der Waals surface area (Å²) in [4.78, 5) is 1.94. The molecular weight excluding hydrogens is 186 g/mol. The number of hydrogen-bond acceptors (Lipinski definition) is 3. The Morgan fingerprint density at radius 1 is 1.40 bits per heavy atom. The van der Waals surface area contributed by atoms with E-state index in [2.05, 4.69) is 12.1 Å². The van der Waals surface area contributed by atoms with Crippen molar-refractivity contribution in [3.8, 4) is 12.1 Å². The van der Waals surface area contributed by atoms with Gasteiger partial charge in [0.05, 0.1) is 23.7 Å². The highest BCUT2D eigenvalue weighted by Gasteiger charge is 2.07. The Bertz CT molecular complexity index is 412. The average molecular weight is 199 g/mol. The van der Waals surface area contributed by atoms with Crippen LogP contribution in [0.15, 0.2) is 24.3 Å². The number of rotatable bonds is 3. The zero-order valence-electron chi connectivity index (χ0n) is 8.94. The number of nitriles is 2. The van der Waals surface area contributed by atoms with Gasteiger partial charge in [-0.15, -0.1) is 0 Å². The summed E-state index contributed by atoms with van der Waals surface area (Å²) in [7, 11) is 1.90. The van der Waals surface area contributed by atoms with E-state index in [4.69, 9.17) is 10.5 Å². The molecule has 3 heteroatoms. The van der Waals surface area contributed by atoms with E-state index in [9.17, 15) is 0 Å². The molecule has 0 saturated heterocycles. The molecule has 0 heterocycles. The number of nitrogens with zero attached hydrogens (tertiary/aromatic N) is 3. The van der Waals surface area contributed by atoms with Crippen molar-refractivity contribution in [2.24, 2.45) is 0 Å². The second-order valence-corrected chi connectivity index (χ2v) is 3.53. The highest BCUT2D eigenvalue weighted by atomic mass is 15.1. The minimum absolute atomic E-state index is 0.115. The van der Waals surface area contributed by atoms with Gasteiger partial charge in [0.25, 0.3) is 0 Å². The predicted octanol–water partition coefficient (Wildman–Crippen LogP) is 1.90. The lowest BCUT2D eigenvalue weighted by molar-refractivity contribution is 0.294.